The number of nitrogens with one attached hydrogen (secondary N) is 2. The molecule has 0 bridgehead atoms. The lowest BCUT2D eigenvalue weighted by Gasteiger charge is -2.21. The first-order valence-corrected chi connectivity index (χ1v) is 8.32. The third-order valence-corrected chi connectivity index (χ3v) is 4.43. The van der Waals surface area contributed by atoms with E-state index in [1.165, 1.54) is 0 Å². The topological polar surface area (TPSA) is 91.4 Å². The van der Waals surface area contributed by atoms with Gasteiger partial charge in [0.2, 0.25) is 5.91 Å². The average molecular weight is 352 g/mol. The highest BCUT2D eigenvalue weighted by atomic mass is 16.2. The van der Waals surface area contributed by atoms with Gasteiger partial charge in [0.05, 0.1) is 11.7 Å². The fourth-order valence-corrected chi connectivity index (χ4v) is 2.93. The Morgan fingerprint density at radius 2 is 1.88 bits per heavy atom. The van der Waals surface area contributed by atoms with Gasteiger partial charge in [0.15, 0.2) is 5.54 Å². The molecule has 1 aromatic carbocycles. The molecule has 0 saturated carbocycles. The molecule has 1 aliphatic heterocycles. The molecule has 2 N–H and O–H groups in total. The van der Waals surface area contributed by atoms with Gasteiger partial charge in [-0.25, -0.2) is 4.79 Å². The Kier molecular flexibility index (Phi) is 4.71. The lowest BCUT2D eigenvalue weighted by atomic mass is 9.97. The maximum atomic E-state index is 12.8. The number of rotatable bonds is 5. The van der Waals surface area contributed by atoms with Crippen molar-refractivity contribution in [1.29, 1.82) is 0 Å². The molecule has 1 aliphatic rings. The van der Waals surface area contributed by atoms with E-state index >= 15 is 0 Å². The molecular formula is C19H20N4O3. The van der Waals surface area contributed by atoms with Crippen LogP contribution in [0, 0.1) is 0 Å². The lowest BCUT2D eigenvalue weighted by molar-refractivity contribution is -0.135. The van der Waals surface area contributed by atoms with Crippen molar-refractivity contribution in [3.63, 3.8) is 0 Å². The van der Waals surface area contributed by atoms with E-state index in [0.29, 0.717) is 5.69 Å². The van der Waals surface area contributed by atoms with Crippen LogP contribution < -0.4 is 10.6 Å². The van der Waals surface area contributed by atoms with Crippen LogP contribution in [0.5, 0.6) is 0 Å². The van der Waals surface area contributed by atoms with Gasteiger partial charge in [0.25, 0.3) is 5.91 Å². The molecule has 134 valence electrons. The summed E-state index contributed by atoms with van der Waals surface area (Å²) in [6.07, 6.45) is 1.55. The van der Waals surface area contributed by atoms with Crippen LogP contribution in [0.2, 0.25) is 0 Å². The van der Waals surface area contributed by atoms with Gasteiger partial charge in [-0.2, -0.15) is 0 Å². The Hall–Kier alpha value is -3.22. The van der Waals surface area contributed by atoms with Gasteiger partial charge in [0.1, 0.15) is 6.54 Å². The van der Waals surface area contributed by atoms with Crippen LogP contribution in [0.3, 0.4) is 0 Å². The molecule has 2 atom stereocenters. The molecule has 26 heavy (non-hydrogen) atoms. The maximum Gasteiger partial charge on any atom is 0.325 e. The second kappa shape index (κ2) is 6.95. The van der Waals surface area contributed by atoms with E-state index in [1.54, 1.807) is 31.3 Å². The molecule has 7 heteroatoms. The Labute approximate surface area is 151 Å². The van der Waals surface area contributed by atoms with Gasteiger partial charge >= 0.3 is 6.03 Å². The summed E-state index contributed by atoms with van der Waals surface area (Å²) in [5.74, 6) is -0.904. The monoisotopic (exact) mass is 352 g/mol. The van der Waals surface area contributed by atoms with Crippen LogP contribution in [0.15, 0.2) is 54.7 Å². The van der Waals surface area contributed by atoms with Crippen LogP contribution in [-0.4, -0.2) is 34.3 Å². The second-order valence-corrected chi connectivity index (χ2v) is 6.36. The predicted molar refractivity (Wildman–Crippen MR) is 94.8 cm³/mol. The molecule has 2 aromatic rings. The summed E-state index contributed by atoms with van der Waals surface area (Å²) in [4.78, 5) is 42.4. The summed E-state index contributed by atoms with van der Waals surface area (Å²) in [6, 6.07) is 13.8. The Morgan fingerprint density at radius 3 is 2.54 bits per heavy atom. The van der Waals surface area contributed by atoms with Gasteiger partial charge < -0.3 is 10.6 Å². The van der Waals surface area contributed by atoms with Crippen molar-refractivity contribution >= 4 is 17.8 Å². The summed E-state index contributed by atoms with van der Waals surface area (Å²) in [6.45, 7) is 3.08. The number of hydrogen-bond acceptors (Lipinski definition) is 4. The third-order valence-electron chi connectivity index (χ3n) is 4.43. The number of carbonyl (C=O) groups excluding carboxylic acids is 3. The van der Waals surface area contributed by atoms with Crippen LogP contribution in [-0.2, 0) is 15.1 Å². The number of carbonyl (C=O) groups is 3. The highest BCUT2D eigenvalue weighted by molar-refractivity contribution is 6.08. The van der Waals surface area contributed by atoms with Crippen molar-refractivity contribution in [3.8, 4) is 0 Å². The predicted octanol–water partition coefficient (Wildman–Crippen LogP) is 1.73. The van der Waals surface area contributed by atoms with Crippen LogP contribution in [0.4, 0.5) is 4.79 Å². The van der Waals surface area contributed by atoms with Crippen molar-refractivity contribution in [2.75, 3.05) is 6.54 Å². The molecule has 1 saturated heterocycles. The van der Waals surface area contributed by atoms with Gasteiger partial charge in [0, 0.05) is 6.20 Å². The lowest BCUT2D eigenvalue weighted by Crippen LogP contribution is -2.44. The van der Waals surface area contributed by atoms with Crippen LogP contribution in [0.1, 0.15) is 31.1 Å². The number of urea groups is 1. The fraction of sp³-hybridized carbons (Fsp3) is 0.263. The number of pyridine rings is 1. The van der Waals surface area contributed by atoms with Crippen molar-refractivity contribution in [2.45, 2.75) is 25.4 Å². The van der Waals surface area contributed by atoms with E-state index in [0.717, 1.165) is 10.5 Å². The van der Waals surface area contributed by atoms with E-state index in [4.69, 9.17) is 0 Å². The molecule has 4 amide bonds. The minimum Gasteiger partial charge on any atom is -0.348 e. The minimum absolute atomic E-state index is 0.230. The van der Waals surface area contributed by atoms with E-state index in [-0.39, 0.29) is 12.6 Å². The van der Waals surface area contributed by atoms with Crippen molar-refractivity contribution in [3.05, 3.63) is 66.0 Å². The van der Waals surface area contributed by atoms with Crippen LogP contribution in [0.25, 0.3) is 0 Å². The number of nitrogens with zero attached hydrogens (tertiary/aromatic N) is 2. The summed E-state index contributed by atoms with van der Waals surface area (Å²) in [5, 5.41) is 5.43. The number of imide groups is 1. The fourth-order valence-electron chi connectivity index (χ4n) is 2.93. The first-order chi connectivity index (χ1) is 12.4. The first-order valence-electron chi connectivity index (χ1n) is 8.32. The van der Waals surface area contributed by atoms with Crippen LogP contribution >= 0.6 is 0 Å². The normalized spacial score (nSPS) is 20.6. The highest BCUT2D eigenvalue weighted by Crippen LogP contribution is 2.27. The Morgan fingerprint density at radius 1 is 1.19 bits per heavy atom. The first kappa shape index (κ1) is 17.6. The minimum atomic E-state index is -1.27. The highest BCUT2D eigenvalue weighted by Gasteiger charge is 2.50. The number of hydrogen-bond donors (Lipinski definition) is 2. The standard InChI is InChI=1S/C19H20N4O3/c1-13(14-8-4-3-5-9-14)21-16(24)12-23-17(25)19(2,22-18(23)26)15-10-6-7-11-20-15/h3-11,13H,12H2,1-2H3,(H,21,24)(H,22,26). The summed E-state index contributed by atoms with van der Waals surface area (Å²) in [5.41, 5.74) is 0.0965. The zero-order valence-corrected chi connectivity index (χ0v) is 14.6. The molecule has 7 nitrogen and oxygen atoms in total. The molecular weight excluding hydrogens is 332 g/mol. The zero-order chi connectivity index (χ0) is 18.7. The summed E-state index contributed by atoms with van der Waals surface area (Å²) in [7, 11) is 0. The van der Waals surface area contributed by atoms with Gasteiger partial charge in [-0.1, -0.05) is 36.4 Å². The van der Waals surface area contributed by atoms with E-state index in [1.807, 2.05) is 37.3 Å². The molecule has 1 fully saturated rings. The maximum absolute atomic E-state index is 12.8. The Bertz CT molecular complexity index is 825. The molecule has 2 unspecified atom stereocenters. The van der Waals surface area contributed by atoms with Gasteiger partial charge in [-0.3, -0.25) is 19.5 Å². The van der Waals surface area contributed by atoms with Gasteiger partial charge in [-0.15, -0.1) is 0 Å². The molecule has 1 aromatic heterocycles. The number of benzene rings is 1. The van der Waals surface area contributed by atoms with Crippen molar-refractivity contribution in [2.24, 2.45) is 0 Å². The third kappa shape index (κ3) is 3.28. The zero-order valence-electron chi connectivity index (χ0n) is 14.6. The summed E-state index contributed by atoms with van der Waals surface area (Å²) < 4.78 is 0. The molecule has 0 radical (unpaired) electrons. The largest absolute Gasteiger partial charge is 0.348 e. The van der Waals surface area contributed by atoms with Crippen molar-refractivity contribution in [1.82, 2.24) is 20.5 Å². The number of amides is 4. The van der Waals surface area contributed by atoms with E-state index < -0.39 is 23.4 Å². The summed E-state index contributed by atoms with van der Waals surface area (Å²) >= 11 is 0. The number of aromatic nitrogens is 1. The SMILES string of the molecule is CC(NC(=O)CN1C(=O)NC(C)(c2ccccn2)C1=O)c1ccccc1. The van der Waals surface area contributed by atoms with E-state index in [9.17, 15) is 14.4 Å². The molecule has 3 rings (SSSR count). The average Bonchev–Trinajstić information content (AvgIpc) is 2.87. The smallest absolute Gasteiger partial charge is 0.325 e. The second-order valence-electron chi connectivity index (χ2n) is 6.36. The molecule has 0 spiro atoms. The Balaban J connectivity index is 1.69. The van der Waals surface area contributed by atoms with Crippen molar-refractivity contribution < 1.29 is 14.4 Å². The molecule has 0 aliphatic carbocycles. The molecule has 2 heterocycles. The van der Waals surface area contributed by atoms with E-state index in [2.05, 4.69) is 15.6 Å². The van der Waals surface area contributed by atoms with Gasteiger partial charge in [-0.05, 0) is 31.5 Å². The quantitative estimate of drug-likeness (QED) is 0.802.